The zero-order valence-electron chi connectivity index (χ0n) is 11.6. The van der Waals surface area contributed by atoms with E-state index >= 15 is 0 Å². The van der Waals surface area contributed by atoms with E-state index in [1.54, 1.807) is 0 Å². The highest BCUT2D eigenvalue weighted by Crippen LogP contribution is 2.22. The predicted octanol–water partition coefficient (Wildman–Crippen LogP) is 4.90. The number of rotatable bonds is 5. The fourth-order valence-corrected chi connectivity index (χ4v) is 2.23. The van der Waals surface area contributed by atoms with Crippen LogP contribution in [0.5, 0.6) is 0 Å². The van der Waals surface area contributed by atoms with Gasteiger partial charge in [0, 0.05) is 12.0 Å². The number of carbonyl (C=O) groups is 1. The lowest BCUT2D eigenvalue weighted by atomic mass is 9.99. The SMILES string of the molecule is CCCc1ccc(-c2cccc(C(=O)CC)c2)cc1. The number of Topliss-reactive ketones (excluding diaryl/α,β-unsaturated/α-hetero) is 1. The van der Waals surface area contributed by atoms with Gasteiger partial charge in [0.15, 0.2) is 5.78 Å². The van der Waals surface area contributed by atoms with Crippen LogP contribution < -0.4 is 0 Å². The van der Waals surface area contributed by atoms with E-state index < -0.39 is 0 Å². The summed E-state index contributed by atoms with van der Waals surface area (Å²) in [6.45, 7) is 4.09. The highest BCUT2D eigenvalue weighted by atomic mass is 16.1. The van der Waals surface area contributed by atoms with Crippen LogP contribution in [0.4, 0.5) is 0 Å². The topological polar surface area (TPSA) is 17.1 Å². The van der Waals surface area contributed by atoms with Gasteiger partial charge >= 0.3 is 0 Å². The summed E-state index contributed by atoms with van der Waals surface area (Å²) < 4.78 is 0. The van der Waals surface area contributed by atoms with E-state index in [0.717, 1.165) is 17.5 Å². The molecule has 2 rings (SSSR count). The quantitative estimate of drug-likeness (QED) is 0.692. The van der Waals surface area contributed by atoms with Crippen molar-refractivity contribution >= 4 is 5.78 Å². The van der Waals surface area contributed by atoms with Crippen molar-refractivity contribution in [1.82, 2.24) is 0 Å². The smallest absolute Gasteiger partial charge is 0.162 e. The first-order valence-corrected chi connectivity index (χ1v) is 6.97. The lowest BCUT2D eigenvalue weighted by molar-refractivity contribution is 0.0988. The van der Waals surface area contributed by atoms with Crippen LogP contribution >= 0.6 is 0 Å². The molecule has 0 amide bonds. The van der Waals surface area contributed by atoms with Crippen LogP contribution in [-0.4, -0.2) is 5.78 Å². The molecule has 0 aliphatic heterocycles. The van der Waals surface area contributed by atoms with E-state index in [1.807, 2.05) is 25.1 Å². The first-order chi connectivity index (χ1) is 9.24. The Kier molecular flexibility index (Phi) is 4.51. The van der Waals surface area contributed by atoms with Crippen molar-refractivity contribution in [1.29, 1.82) is 0 Å². The lowest BCUT2D eigenvalue weighted by Gasteiger charge is -2.06. The Bertz CT molecular complexity index is 552. The largest absolute Gasteiger partial charge is 0.294 e. The van der Waals surface area contributed by atoms with Gasteiger partial charge in [0.05, 0.1) is 0 Å². The Labute approximate surface area is 115 Å². The minimum absolute atomic E-state index is 0.199. The number of benzene rings is 2. The minimum atomic E-state index is 0.199. The van der Waals surface area contributed by atoms with Crippen molar-refractivity contribution in [3.05, 3.63) is 59.7 Å². The number of carbonyl (C=O) groups excluding carboxylic acids is 1. The van der Waals surface area contributed by atoms with Crippen LogP contribution in [0, 0.1) is 0 Å². The average molecular weight is 252 g/mol. The molecule has 0 N–H and O–H groups in total. The third-order valence-electron chi connectivity index (χ3n) is 3.33. The second-order valence-corrected chi connectivity index (χ2v) is 4.80. The van der Waals surface area contributed by atoms with Gasteiger partial charge in [0.25, 0.3) is 0 Å². The fourth-order valence-electron chi connectivity index (χ4n) is 2.23. The summed E-state index contributed by atoms with van der Waals surface area (Å²) in [5, 5.41) is 0. The summed E-state index contributed by atoms with van der Waals surface area (Å²) in [6.07, 6.45) is 2.84. The molecular formula is C18H20O. The number of ketones is 1. The molecule has 0 fully saturated rings. The Morgan fingerprint density at radius 3 is 2.32 bits per heavy atom. The summed E-state index contributed by atoms with van der Waals surface area (Å²) in [4.78, 5) is 11.7. The van der Waals surface area contributed by atoms with Gasteiger partial charge < -0.3 is 0 Å². The van der Waals surface area contributed by atoms with Crippen LogP contribution in [0.15, 0.2) is 48.5 Å². The maximum Gasteiger partial charge on any atom is 0.162 e. The molecule has 0 heterocycles. The highest BCUT2D eigenvalue weighted by Gasteiger charge is 2.05. The highest BCUT2D eigenvalue weighted by molar-refractivity contribution is 5.96. The van der Waals surface area contributed by atoms with Gasteiger partial charge in [-0.3, -0.25) is 4.79 Å². The molecule has 0 saturated heterocycles. The van der Waals surface area contributed by atoms with E-state index in [0.29, 0.717) is 6.42 Å². The molecule has 2 aromatic carbocycles. The van der Waals surface area contributed by atoms with Gasteiger partial charge in [-0.25, -0.2) is 0 Å². The minimum Gasteiger partial charge on any atom is -0.294 e. The molecule has 0 saturated carbocycles. The van der Waals surface area contributed by atoms with Crippen LogP contribution in [-0.2, 0) is 6.42 Å². The van der Waals surface area contributed by atoms with Gasteiger partial charge in [-0.15, -0.1) is 0 Å². The van der Waals surface area contributed by atoms with Crippen LogP contribution in [0.1, 0.15) is 42.6 Å². The molecular weight excluding hydrogens is 232 g/mol. The van der Waals surface area contributed by atoms with E-state index in [4.69, 9.17) is 0 Å². The molecule has 0 aromatic heterocycles. The van der Waals surface area contributed by atoms with Crippen molar-refractivity contribution < 1.29 is 4.79 Å². The summed E-state index contributed by atoms with van der Waals surface area (Å²) in [6, 6.07) is 16.5. The Morgan fingerprint density at radius 1 is 0.947 bits per heavy atom. The van der Waals surface area contributed by atoms with Crippen molar-refractivity contribution in [2.45, 2.75) is 33.1 Å². The molecule has 0 bridgehead atoms. The summed E-state index contributed by atoms with van der Waals surface area (Å²) >= 11 is 0. The molecule has 2 aromatic rings. The maximum absolute atomic E-state index is 11.7. The van der Waals surface area contributed by atoms with E-state index in [-0.39, 0.29) is 5.78 Å². The normalized spacial score (nSPS) is 10.4. The van der Waals surface area contributed by atoms with E-state index in [9.17, 15) is 4.79 Å². The Hall–Kier alpha value is -1.89. The summed E-state index contributed by atoms with van der Waals surface area (Å²) in [5.74, 6) is 0.199. The predicted molar refractivity (Wildman–Crippen MR) is 80.5 cm³/mol. The third kappa shape index (κ3) is 3.31. The van der Waals surface area contributed by atoms with Crippen LogP contribution in [0.25, 0.3) is 11.1 Å². The average Bonchev–Trinajstić information content (AvgIpc) is 2.48. The molecule has 0 unspecified atom stereocenters. The number of hydrogen-bond acceptors (Lipinski definition) is 1. The summed E-state index contributed by atoms with van der Waals surface area (Å²) in [5.41, 5.74) is 4.46. The molecule has 98 valence electrons. The second kappa shape index (κ2) is 6.33. The zero-order valence-corrected chi connectivity index (χ0v) is 11.6. The number of hydrogen-bond donors (Lipinski definition) is 0. The third-order valence-corrected chi connectivity index (χ3v) is 3.33. The molecule has 0 aliphatic rings. The van der Waals surface area contributed by atoms with Gasteiger partial charge in [0.1, 0.15) is 0 Å². The van der Waals surface area contributed by atoms with Gasteiger partial charge in [0.2, 0.25) is 0 Å². The number of aryl methyl sites for hydroxylation is 1. The van der Waals surface area contributed by atoms with E-state index in [1.165, 1.54) is 17.5 Å². The monoisotopic (exact) mass is 252 g/mol. The fraction of sp³-hybridized carbons (Fsp3) is 0.278. The summed E-state index contributed by atoms with van der Waals surface area (Å²) in [7, 11) is 0. The Morgan fingerprint density at radius 2 is 1.68 bits per heavy atom. The molecule has 0 aliphatic carbocycles. The molecule has 1 nitrogen and oxygen atoms in total. The first-order valence-electron chi connectivity index (χ1n) is 6.97. The van der Waals surface area contributed by atoms with Gasteiger partial charge in [-0.05, 0) is 29.2 Å². The standard InChI is InChI=1S/C18H20O/c1-3-6-14-9-11-15(12-10-14)16-7-5-8-17(13-16)18(19)4-2/h5,7-13H,3-4,6H2,1-2H3. The molecule has 0 radical (unpaired) electrons. The van der Waals surface area contributed by atoms with Gasteiger partial charge in [-0.1, -0.05) is 62.7 Å². The van der Waals surface area contributed by atoms with Crippen molar-refractivity contribution in [2.24, 2.45) is 0 Å². The van der Waals surface area contributed by atoms with Crippen molar-refractivity contribution in [3.63, 3.8) is 0 Å². The lowest BCUT2D eigenvalue weighted by Crippen LogP contribution is -1.96. The molecule has 19 heavy (non-hydrogen) atoms. The van der Waals surface area contributed by atoms with E-state index in [2.05, 4.69) is 37.3 Å². The maximum atomic E-state index is 11.7. The molecule has 1 heteroatoms. The van der Waals surface area contributed by atoms with Crippen molar-refractivity contribution in [2.75, 3.05) is 0 Å². The molecule has 0 atom stereocenters. The first kappa shape index (κ1) is 13.5. The van der Waals surface area contributed by atoms with Crippen LogP contribution in [0.2, 0.25) is 0 Å². The van der Waals surface area contributed by atoms with Crippen LogP contribution in [0.3, 0.4) is 0 Å². The van der Waals surface area contributed by atoms with Crippen molar-refractivity contribution in [3.8, 4) is 11.1 Å². The second-order valence-electron chi connectivity index (χ2n) is 4.80. The van der Waals surface area contributed by atoms with Gasteiger partial charge in [-0.2, -0.15) is 0 Å². The Balaban J connectivity index is 2.28. The zero-order chi connectivity index (χ0) is 13.7. The molecule has 0 spiro atoms.